The molecule has 168 valence electrons. The minimum atomic E-state index is -0.450. The third-order valence-corrected chi connectivity index (χ3v) is 6.29. The second-order valence-corrected chi connectivity index (χ2v) is 9.53. The summed E-state index contributed by atoms with van der Waals surface area (Å²) in [5.41, 5.74) is 1.63. The van der Waals surface area contributed by atoms with Gasteiger partial charge in [0.25, 0.3) is 0 Å². The second-order valence-electron chi connectivity index (χ2n) is 9.53. The summed E-state index contributed by atoms with van der Waals surface area (Å²) < 4.78 is 17.0. The number of hydrogen-bond acceptors (Lipinski definition) is 7. The molecule has 0 aliphatic carbocycles. The van der Waals surface area contributed by atoms with Crippen molar-refractivity contribution in [1.29, 1.82) is 0 Å². The van der Waals surface area contributed by atoms with Gasteiger partial charge < -0.3 is 18.8 Å². The molecule has 31 heavy (non-hydrogen) atoms. The number of morpholine rings is 1. The Kier molecular flexibility index (Phi) is 5.83. The van der Waals surface area contributed by atoms with Gasteiger partial charge in [0.15, 0.2) is 11.3 Å². The zero-order valence-corrected chi connectivity index (χ0v) is 19.1. The molecular weight excluding hydrogens is 396 g/mol. The van der Waals surface area contributed by atoms with Gasteiger partial charge >= 0.3 is 5.97 Å². The van der Waals surface area contributed by atoms with E-state index in [-0.39, 0.29) is 23.1 Å². The summed E-state index contributed by atoms with van der Waals surface area (Å²) in [6.45, 7) is 11.5. The summed E-state index contributed by atoms with van der Waals surface area (Å²) in [6, 6.07) is 5.03. The van der Waals surface area contributed by atoms with Crippen LogP contribution in [0.25, 0.3) is 11.0 Å². The molecule has 3 heterocycles. The van der Waals surface area contributed by atoms with Crippen LogP contribution in [0, 0.1) is 0 Å². The van der Waals surface area contributed by atoms with Crippen LogP contribution in [0.1, 0.15) is 62.5 Å². The third-order valence-electron chi connectivity index (χ3n) is 6.29. The molecule has 2 fully saturated rings. The second kappa shape index (κ2) is 8.28. The maximum absolute atomic E-state index is 13.1. The largest absolute Gasteiger partial charge is 0.465 e. The molecular formula is C24H32N2O5. The molecule has 0 spiro atoms. The van der Waals surface area contributed by atoms with Gasteiger partial charge in [-0.3, -0.25) is 9.69 Å². The number of anilines is 1. The SMILES string of the molecule is COC(=O)c1cc(C2CCCN2C(C)(C)C)c2oc(N3CCO[C@H](C)C3)cc(=O)c2c1. The van der Waals surface area contributed by atoms with Crippen LogP contribution in [0.4, 0.5) is 5.88 Å². The van der Waals surface area contributed by atoms with Gasteiger partial charge in [-0.1, -0.05) is 0 Å². The Morgan fingerprint density at radius 2 is 1.97 bits per heavy atom. The number of fused-ring (bicyclic) bond motifs is 1. The molecule has 2 aliphatic heterocycles. The highest BCUT2D eigenvalue weighted by atomic mass is 16.5. The number of benzene rings is 1. The van der Waals surface area contributed by atoms with Gasteiger partial charge in [-0.2, -0.15) is 0 Å². The van der Waals surface area contributed by atoms with Crippen LogP contribution in [-0.4, -0.2) is 55.9 Å². The van der Waals surface area contributed by atoms with Gasteiger partial charge in [-0.25, -0.2) is 4.79 Å². The van der Waals surface area contributed by atoms with Gasteiger partial charge in [0.1, 0.15) is 5.58 Å². The third kappa shape index (κ3) is 4.21. The van der Waals surface area contributed by atoms with E-state index in [1.54, 1.807) is 6.07 Å². The van der Waals surface area contributed by atoms with Crippen molar-refractivity contribution in [2.75, 3.05) is 38.3 Å². The highest BCUT2D eigenvalue weighted by molar-refractivity contribution is 5.95. The van der Waals surface area contributed by atoms with Crippen molar-refractivity contribution in [2.24, 2.45) is 0 Å². The molecule has 0 amide bonds. The van der Waals surface area contributed by atoms with Crippen LogP contribution in [-0.2, 0) is 9.47 Å². The standard InChI is InChI=1S/C24H32N2O5/c1-15-14-25(9-10-30-15)21-13-20(27)18-12-16(23(28)29-5)11-17(22(18)31-21)19-7-6-8-26(19)24(2,3)4/h11-13,15,19H,6-10,14H2,1-5H3/t15-,19?/m1/s1. The van der Waals surface area contributed by atoms with E-state index in [9.17, 15) is 9.59 Å². The van der Waals surface area contributed by atoms with E-state index >= 15 is 0 Å². The zero-order chi connectivity index (χ0) is 22.3. The quantitative estimate of drug-likeness (QED) is 0.690. The van der Waals surface area contributed by atoms with Crippen molar-refractivity contribution in [3.05, 3.63) is 39.5 Å². The number of rotatable bonds is 3. The topological polar surface area (TPSA) is 72.2 Å². The van der Waals surface area contributed by atoms with Crippen LogP contribution in [0.3, 0.4) is 0 Å². The highest BCUT2D eigenvalue weighted by Gasteiger charge is 2.36. The molecule has 1 aromatic carbocycles. The van der Waals surface area contributed by atoms with Gasteiger partial charge in [0, 0.05) is 36.3 Å². The minimum absolute atomic E-state index is 0.0493. The normalized spacial score (nSPS) is 22.8. The number of likely N-dealkylation sites (tertiary alicyclic amines) is 1. The fourth-order valence-electron chi connectivity index (χ4n) is 4.82. The van der Waals surface area contributed by atoms with E-state index in [0.29, 0.717) is 42.1 Å². The minimum Gasteiger partial charge on any atom is -0.465 e. The molecule has 0 saturated carbocycles. The maximum atomic E-state index is 13.1. The van der Waals surface area contributed by atoms with Crippen molar-refractivity contribution in [3.8, 4) is 0 Å². The van der Waals surface area contributed by atoms with E-state index in [1.807, 2.05) is 13.0 Å². The average molecular weight is 429 g/mol. The predicted molar refractivity (Wildman–Crippen MR) is 120 cm³/mol. The Hall–Kier alpha value is -2.38. The summed E-state index contributed by atoms with van der Waals surface area (Å²) in [7, 11) is 1.36. The first-order valence-electron chi connectivity index (χ1n) is 11.0. The molecule has 0 radical (unpaired) electrons. The van der Waals surface area contributed by atoms with E-state index in [1.165, 1.54) is 13.2 Å². The fourth-order valence-corrected chi connectivity index (χ4v) is 4.82. The molecule has 7 heteroatoms. The smallest absolute Gasteiger partial charge is 0.337 e. The van der Waals surface area contributed by atoms with Crippen LogP contribution < -0.4 is 10.3 Å². The zero-order valence-electron chi connectivity index (χ0n) is 19.1. The van der Waals surface area contributed by atoms with E-state index in [2.05, 4.69) is 30.6 Å². The molecule has 0 bridgehead atoms. The summed E-state index contributed by atoms with van der Waals surface area (Å²) in [4.78, 5) is 30.0. The van der Waals surface area contributed by atoms with Crippen LogP contribution in [0.5, 0.6) is 0 Å². The van der Waals surface area contributed by atoms with Gasteiger partial charge in [0.2, 0.25) is 0 Å². The van der Waals surface area contributed by atoms with E-state index in [0.717, 1.165) is 24.9 Å². The first-order chi connectivity index (χ1) is 14.7. The lowest BCUT2D eigenvalue weighted by atomic mass is 9.95. The van der Waals surface area contributed by atoms with Crippen molar-refractivity contribution in [3.63, 3.8) is 0 Å². The first-order valence-corrected chi connectivity index (χ1v) is 11.0. The summed E-state index contributed by atoms with van der Waals surface area (Å²) >= 11 is 0. The molecule has 2 saturated heterocycles. The predicted octanol–water partition coefficient (Wildman–Crippen LogP) is 3.74. The number of carbonyl (C=O) groups excluding carboxylic acids is 1. The molecule has 2 aromatic rings. The molecule has 0 N–H and O–H groups in total. The molecule has 1 unspecified atom stereocenters. The van der Waals surface area contributed by atoms with Crippen molar-refractivity contribution < 1.29 is 18.7 Å². The molecule has 2 atom stereocenters. The fraction of sp³-hybridized carbons (Fsp3) is 0.583. The lowest BCUT2D eigenvalue weighted by molar-refractivity contribution is 0.0517. The van der Waals surface area contributed by atoms with Crippen LogP contribution in [0.15, 0.2) is 27.4 Å². The number of methoxy groups -OCH3 is 1. The molecule has 1 aromatic heterocycles. The van der Waals surface area contributed by atoms with Gasteiger partial charge in [0.05, 0.1) is 30.8 Å². The van der Waals surface area contributed by atoms with Gasteiger partial charge in [-0.15, -0.1) is 0 Å². The Bertz CT molecular complexity index is 1040. The summed E-state index contributed by atoms with van der Waals surface area (Å²) in [5, 5.41) is 0.420. The highest BCUT2D eigenvalue weighted by Crippen LogP contribution is 2.41. The molecule has 2 aliphatic rings. The number of carbonyl (C=O) groups is 1. The van der Waals surface area contributed by atoms with Crippen LogP contribution >= 0.6 is 0 Å². The number of esters is 1. The summed E-state index contributed by atoms with van der Waals surface area (Å²) in [5.74, 6) is 0.106. The lowest BCUT2D eigenvalue weighted by Crippen LogP contribution is -2.41. The van der Waals surface area contributed by atoms with Crippen LogP contribution in [0.2, 0.25) is 0 Å². The van der Waals surface area contributed by atoms with Crippen molar-refractivity contribution >= 4 is 22.8 Å². The lowest BCUT2D eigenvalue weighted by Gasteiger charge is -2.37. The maximum Gasteiger partial charge on any atom is 0.337 e. The average Bonchev–Trinajstić information content (AvgIpc) is 3.23. The van der Waals surface area contributed by atoms with Crippen molar-refractivity contribution in [2.45, 2.75) is 58.2 Å². The monoisotopic (exact) mass is 428 g/mol. The molecule has 7 nitrogen and oxygen atoms in total. The first kappa shape index (κ1) is 21.8. The van der Waals surface area contributed by atoms with Crippen molar-refractivity contribution in [1.82, 2.24) is 4.90 Å². The molecule has 4 rings (SSSR count). The van der Waals surface area contributed by atoms with Gasteiger partial charge in [-0.05, 0) is 59.2 Å². The Labute approximate surface area is 182 Å². The number of ether oxygens (including phenoxy) is 2. The van der Waals surface area contributed by atoms with E-state index in [4.69, 9.17) is 13.9 Å². The Balaban J connectivity index is 1.91. The Morgan fingerprint density at radius 3 is 2.65 bits per heavy atom. The van der Waals surface area contributed by atoms with E-state index < -0.39 is 5.97 Å². The number of hydrogen-bond donors (Lipinski definition) is 0. The Morgan fingerprint density at radius 1 is 1.19 bits per heavy atom. The summed E-state index contributed by atoms with van der Waals surface area (Å²) in [6.07, 6.45) is 2.07. The number of nitrogens with zero attached hydrogens (tertiary/aromatic N) is 2.